The molecule has 0 saturated carbocycles. The standard InChI is InChI=1S/C7H8O3S/c1-7(4-8)2-3-11-5(7)6(9)10/h2-5H,1H3,(H,9,10). The van der Waals surface area contributed by atoms with Crippen molar-refractivity contribution in [3.63, 3.8) is 0 Å². The molecule has 3 nitrogen and oxygen atoms in total. The summed E-state index contributed by atoms with van der Waals surface area (Å²) in [6.45, 7) is 1.62. The molecule has 1 N–H and O–H groups in total. The zero-order valence-electron chi connectivity index (χ0n) is 5.98. The van der Waals surface area contributed by atoms with E-state index >= 15 is 0 Å². The Labute approximate surface area is 68.5 Å². The highest BCUT2D eigenvalue weighted by Crippen LogP contribution is 2.38. The van der Waals surface area contributed by atoms with Crippen molar-refractivity contribution in [2.45, 2.75) is 12.2 Å². The zero-order valence-corrected chi connectivity index (χ0v) is 6.80. The first-order valence-electron chi connectivity index (χ1n) is 3.12. The van der Waals surface area contributed by atoms with Crippen LogP contribution in [-0.2, 0) is 9.59 Å². The van der Waals surface area contributed by atoms with Gasteiger partial charge in [0, 0.05) is 0 Å². The van der Waals surface area contributed by atoms with Gasteiger partial charge in [-0.3, -0.25) is 4.79 Å². The second-order valence-electron chi connectivity index (χ2n) is 2.64. The number of carboxylic acids is 1. The van der Waals surface area contributed by atoms with Gasteiger partial charge in [-0.15, -0.1) is 11.8 Å². The predicted molar refractivity (Wildman–Crippen MR) is 42.3 cm³/mol. The fourth-order valence-corrected chi connectivity index (χ4v) is 2.00. The van der Waals surface area contributed by atoms with Gasteiger partial charge >= 0.3 is 5.97 Å². The molecular weight excluding hydrogens is 164 g/mol. The van der Waals surface area contributed by atoms with Crippen molar-refractivity contribution in [2.75, 3.05) is 0 Å². The van der Waals surface area contributed by atoms with Crippen LogP contribution in [0.1, 0.15) is 6.92 Å². The number of hydrogen-bond acceptors (Lipinski definition) is 3. The normalized spacial score (nSPS) is 35.5. The summed E-state index contributed by atoms with van der Waals surface area (Å²) < 4.78 is 0. The van der Waals surface area contributed by atoms with Crippen molar-refractivity contribution in [1.29, 1.82) is 0 Å². The van der Waals surface area contributed by atoms with E-state index in [-0.39, 0.29) is 0 Å². The van der Waals surface area contributed by atoms with Gasteiger partial charge in [0.2, 0.25) is 0 Å². The number of thioether (sulfide) groups is 1. The maximum atomic E-state index is 10.6. The second kappa shape index (κ2) is 2.70. The molecule has 60 valence electrons. The Hall–Kier alpha value is -0.770. The third kappa shape index (κ3) is 1.30. The SMILES string of the molecule is CC1(C=O)C=CSC1C(=O)O. The van der Waals surface area contributed by atoms with Crippen molar-refractivity contribution in [1.82, 2.24) is 0 Å². The molecule has 11 heavy (non-hydrogen) atoms. The monoisotopic (exact) mass is 172 g/mol. The van der Waals surface area contributed by atoms with Crippen molar-refractivity contribution in [3.8, 4) is 0 Å². The quantitative estimate of drug-likeness (QED) is 0.629. The van der Waals surface area contributed by atoms with Crippen LogP contribution in [0.15, 0.2) is 11.5 Å². The summed E-state index contributed by atoms with van der Waals surface area (Å²) in [5.41, 5.74) is -0.823. The number of aldehydes is 1. The molecule has 2 unspecified atom stereocenters. The van der Waals surface area contributed by atoms with Crippen LogP contribution in [0.25, 0.3) is 0 Å². The van der Waals surface area contributed by atoms with Gasteiger partial charge in [-0.1, -0.05) is 6.08 Å². The highest BCUT2D eigenvalue weighted by atomic mass is 32.2. The lowest BCUT2D eigenvalue weighted by molar-refractivity contribution is -0.139. The highest BCUT2D eigenvalue weighted by Gasteiger charge is 2.40. The largest absolute Gasteiger partial charge is 0.480 e. The minimum Gasteiger partial charge on any atom is -0.480 e. The third-order valence-corrected chi connectivity index (χ3v) is 2.96. The van der Waals surface area contributed by atoms with Gasteiger partial charge in [-0.25, -0.2) is 0 Å². The number of rotatable bonds is 2. The van der Waals surface area contributed by atoms with Gasteiger partial charge in [0.1, 0.15) is 11.5 Å². The van der Waals surface area contributed by atoms with Crippen molar-refractivity contribution >= 4 is 24.0 Å². The lowest BCUT2D eigenvalue weighted by atomic mass is 9.89. The molecule has 1 rings (SSSR count). The van der Waals surface area contributed by atoms with Gasteiger partial charge in [0.25, 0.3) is 0 Å². The molecule has 0 spiro atoms. The molecule has 4 heteroatoms. The maximum Gasteiger partial charge on any atom is 0.318 e. The summed E-state index contributed by atoms with van der Waals surface area (Å²) in [4.78, 5) is 21.1. The van der Waals surface area contributed by atoms with Gasteiger partial charge in [-0.2, -0.15) is 0 Å². The van der Waals surface area contributed by atoms with Gasteiger partial charge in [0.15, 0.2) is 0 Å². The number of carbonyl (C=O) groups is 2. The van der Waals surface area contributed by atoms with Crippen LogP contribution in [-0.4, -0.2) is 22.6 Å². The first-order valence-corrected chi connectivity index (χ1v) is 4.07. The molecule has 0 fully saturated rings. The van der Waals surface area contributed by atoms with E-state index in [0.717, 1.165) is 0 Å². The summed E-state index contributed by atoms with van der Waals surface area (Å²) >= 11 is 1.17. The average Bonchev–Trinajstić information content (AvgIpc) is 2.32. The molecule has 0 bridgehead atoms. The average molecular weight is 172 g/mol. The van der Waals surface area contributed by atoms with E-state index in [1.807, 2.05) is 0 Å². The molecule has 2 atom stereocenters. The van der Waals surface area contributed by atoms with E-state index in [1.165, 1.54) is 11.8 Å². The van der Waals surface area contributed by atoms with Crippen LogP contribution in [0, 0.1) is 5.41 Å². The first-order chi connectivity index (χ1) is 5.10. The van der Waals surface area contributed by atoms with Crippen molar-refractivity contribution in [3.05, 3.63) is 11.5 Å². The van der Waals surface area contributed by atoms with Crippen molar-refractivity contribution in [2.24, 2.45) is 5.41 Å². The van der Waals surface area contributed by atoms with Gasteiger partial charge < -0.3 is 9.90 Å². The van der Waals surface area contributed by atoms with E-state index < -0.39 is 16.6 Å². The number of hydrogen-bond donors (Lipinski definition) is 1. The Kier molecular flexibility index (Phi) is 2.04. The molecule has 1 aliphatic heterocycles. The van der Waals surface area contributed by atoms with Crippen LogP contribution in [0.5, 0.6) is 0 Å². The lowest BCUT2D eigenvalue weighted by Gasteiger charge is -2.18. The molecular formula is C7H8O3S. The summed E-state index contributed by atoms with van der Waals surface area (Å²) in [6.07, 6.45) is 2.31. The Bertz CT molecular complexity index is 224. The summed E-state index contributed by atoms with van der Waals surface area (Å²) in [5, 5.41) is 9.67. The molecule has 0 aromatic rings. The maximum absolute atomic E-state index is 10.6. The van der Waals surface area contributed by atoms with Crippen molar-refractivity contribution < 1.29 is 14.7 Å². The Balaban J connectivity index is 2.86. The van der Waals surface area contributed by atoms with Gasteiger partial charge in [0.05, 0.1) is 5.41 Å². The summed E-state index contributed by atoms with van der Waals surface area (Å²) in [7, 11) is 0. The number of allylic oxidation sites excluding steroid dienone is 1. The molecule has 0 aromatic carbocycles. The molecule has 0 aromatic heterocycles. The molecule has 0 amide bonds. The minimum atomic E-state index is -0.936. The fraction of sp³-hybridized carbons (Fsp3) is 0.429. The zero-order chi connectivity index (χ0) is 8.48. The lowest BCUT2D eigenvalue weighted by Crippen LogP contribution is -2.33. The van der Waals surface area contributed by atoms with E-state index in [9.17, 15) is 9.59 Å². The topological polar surface area (TPSA) is 54.4 Å². The number of carboxylic acid groups (broad SMARTS) is 1. The highest BCUT2D eigenvalue weighted by molar-refractivity contribution is 8.03. The molecule has 0 aliphatic carbocycles. The molecule has 0 saturated heterocycles. The van der Waals surface area contributed by atoms with Crippen LogP contribution in [0.3, 0.4) is 0 Å². The van der Waals surface area contributed by atoms with E-state index in [4.69, 9.17) is 5.11 Å². The molecule has 1 heterocycles. The minimum absolute atomic E-state index is 0.653. The molecule has 0 radical (unpaired) electrons. The smallest absolute Gasteiger partial charge is 0.318 e. The van der Waals surface area contributed by atoms with Crippen LogP contribution >= 0.6 is 11.8 Å². The Morgan fingerprint density at radius 1 is 1.82 bits per heavy atom. The Morgan fingerprint density at radius 2 is 2.45 bits per heavy atom. The Morgan fingerprint density at radius 3 is 2.82 bits per heavy atom. The van der Waals surface area contributed by atoms with Crippen LogP contribution in [0.4, 0.5) is 0 Å². The van der Waals surface area contributed by atoms with E-state index in [0.29, 0.717) is 6.29 Å². The van der Waals surface area contributed by atoms with Gasteiger partial charge in [-0.05, 0) is 12.3 Å². The van der Waals surface area contributed by atoms with Crippen LogP contribution in [0.2, 0.25) is 0 Å². The fourth-order valence-electron chi connectivity index (χ4n) is 0.924. The molecule has 1 aliphatic rings. The number of carbonyl (C=O) groups excluding carboxylic acids is 1. The summed E-state index contributed by atoms with van der Waals surface area (Å²) in [5.74, 6) is -0.936. The number of aliphatic carboxylic acids is 1. The summed E-state index contributed by atoms with van der Waals surface area (Å²) in [6, 6.07) is 0. The van der Waals surface area contributed by atoms with E-state index in [2.05, 4.69) is 0 Å². The first kappa shape index (κ1) is 8.33. The third-order valence-electron chi connectivity index (χ3n) is 1.68. The predicted octanol–water partition coefficient (Wildman–Crippen LogP) is 0.905. The second-order valence-corrected chi connectivity index (χ2v) is 3.66. The van der Waals surface area contributed by atoms with E-state index in [1.54, 1.807) is 18.4 Å². The van der Waals surface area contributed by atoms with Crippen LogP contribution < -0.4 is 0 Å².